The molecule has 1 saturated carbocycles. The molecule has 316 valence electrons. The first kappa shape index (κ1) is 45.5. The summed E-state index contributed by atoms with van der Waals surface area (Å²) in [5.74, 6) is -6.13. The molecule has 1 aromatic carbocycles. The van der Waals surface area contributed by atoms with Gasteiger partial charge in [-0.2, -0.15) is 0 Å². The molecule has 1 aliphatic carbocycles. The predicted molar refractivity (Wildman–Crippen MR) is 203 cm³/mol. The van der Waals surface area contributed by atoms with E-state index < -0.39 is 95.6 Å². The van der Waals surface area contributed by atoms with Crippen molar-refractivity contribution in [2.24, 2.45) is 29.6 Å². The maximum atomic E-state index is 14.0. The van der Waals surface area contributed by atoms with E-state index in [1.54, 1.807) is 48.7 Å². The van der Waals surface area contributed by atoms with Crippen LogP contribution in [0.15, 0.2) is 30.3 Å². The highest BCUT2D eigenvalue weighted by Crippen LogP contribution is 2.51. The normalized spacial score (nSPS) is 39.5. The number of nitrogens with zero attached hydrogens (tertiary/aromatic N) is 1. The first-order chi connectivity index (χ1) is 26.3. The molecule has 15 nitrogen and oxygen atoms in total. The molecule has 4 rings (SSSR count). The molecule has 0 spiro atoms. The molecule has 2 saturated heterocycles. The van der Waals surface area contributed by atoms with Gasteiger partial charge in [0.25, 0.3) is 0 Å². The number of aliphatic hydroxyl groups excluding tert-OH is 1. The van der Waals surface area contributed by atoms with Gasteiger partial charge in [0, 0.05) is 50.5 Å². The number of alkyl carbamates (subject to hydrolysis) is 1. The van der Waals surface area contributed by atoms with Crippen LogP contribution in [0, 0.1) is 29.6 Å². The van der Waals surface area contributed by atoms with Crippen molar-refractivity contribution in [3.63, 3.8) is 0 Å². The fourth-order valence-electron chi connectivity index (χ4n) is 8.52. The highest BCUT2D eigenvalue weighted by Gasteiger charge is 2.70. The zero-order valence-corrected chi connectivity index (χ0v) is 34.8. The molecule has 3 fully saturated rings. The summed E-state index contributed by atoms with van der Waals surface area (Å²) in [6.45, 7) is 11.9. The number of rotatable bonds is 11. The van der Waals surface area contributed by atoms with Crippen molar-refractivity contribution in [2.75, 3.05) is 34.9 Å². The lowest BCUT2D eigenvalue weighted by atomic mass is 9.75. The number of hydrogen-bond acceptors (Lipinski definition) is 14. The summed E-state index contributed by atoms with van der Waals surface area (Å²) in [7, 11) is 6.95. The summed E-state index contributed by atoms with van der Waals surface area (Å²) in [6.07, 6.45) is -6.74. The van der Waals surface area contributed by atoms with Crippen molar-refractivity contribution < 1.29 is 62.5 Å². The van der Waals surface area contributed by atoms with Gasteiger partial charge in [0.05, 0.1) is 36.3 Å². The van der Waals surface area contributed by atoms with E-state index in [1.807, 2.05) is 56.3 Å². The minimum atomic E-state index is -1.85. The number of nitrogens with one attached hydrogen (secondary N) is 1. The first-order valence-corrected chi connectivity index (χ1v) is 19.6. The smallest absolute Gasteiger partial charge is 0.407 e. The average molecular weight is 793 g/mol. The second kappa shape index (κ2) is 19.0. The minimum absolute atomic E-state index is 0.0492. The Morgan fingerprint density at radius 1 is 1.00 bits per heavy atom. The number of benzene rings is 1. The van der Waals surface area contributed by atoms with E-state index in [0.717, 1.165) is 5.56 Å². The van der Waals surface area contributed by atoms with Crippen LogP contribution in [0.2, 0.25) is 0 Å². The summed E-state index contributed by atoms with van der Waals surface area (Å²) >= 11 is 0. The largest absolute Gasteiger partial charge is 0.461 e. The van der Waals surface area contributed by atoms with Crippen molar-refractivity contribution in [2.45, 2.75) is 134 Å². The summed E-state index contributed by atoms with van der Waals surface area (Å²) < 4.78 is 42.7. The Kier molecular flexibility index (Phi) is 15.5. The predicted octanol–water partition coefficient (Wildman–Crippen LogP) is 3.26. The monoisotopic (exact) mass is 792 g/mol. The number of ether oxygens (including phenoxy) is 7. The van der Waals surface area contributed by atoms with Crippen LogP contribution in [0.5, 0.6) is 0 Å². The van der Waals surface area contributed by atoms with Gasteiger partial charge in [-0.1, -0.05) is 58.0 Å². The fraction of sp³-hybridized carbons (Fsp3) is 0.756. The Balaban J connectivity index is 1.68. The van der Waals surface area contributed by atoms with Crippen molar-refractivity contribution >= 4 is 23.8 Å². The number of hydrogen-bond donors (Lipinski definition) is 3. The number of carbonyl (C=O) groups is 4. The van der Waals surface area contributed by atoms with E-state index in [4.69, 9.17) is 33.2 Å². The lowest BCUT2D eigenvalue weighted by Crippen LogP contribution is -2.60. The van der Waals surface area contributed by atoms with Crippen molar-refractivity contribution in [1.29, 1.82) is 0 Å². The Morgan fingerprint density at radius 3 is 2.27 bits per heavy atom. The summed E-state index contributed by atoms with van der Waals surface area (Å²) in [5, 5.41) is 25.4. The van der Waals surface area contributed by atoms with Gasteiger partial charge in [-0.3, -0.25) is 14.4 Å². The molecule has 3 N–H and O–H groups in total. The third-order valence-corrected chi connectivity index (χ3v) is 12.2. The molecule has 0 bridgehead atoms. The van der Waals surface area contributed by atoms with Gasteiger partial charge in [-0.15, -0.1) is 0 Å². The van der Waals surface area contributed by atoms with Crippen LogP contribution in [0.25, 0.3) is 0 Å². The number of ketones is 1. The van der Waals surface area contributed by atoms with Crippen LogP contribution >= 0.6 is 0 Å². The molecular weight excluding hydrogens is 728 g/mol. The lowest BCUT2D eigenvalue weighted by Gasteiger charge is -2.48. The molecule has 1 unspecified atom stereocenters. The highest BCUT2D eigenvalue weighted by molar-refractivity contribution is 5.84. The number of likely N-dealkylation sites (N-methyl/N-ethyl adjacent to an activating group) is 1. The van der Waals surface area contributed by atoms with Gasteiger partial charge in [0.2, 0.25) is 0 Å². The molecule has 15 atom stereocenters. The Bertz CT molecular complexity index is 1500. The molecule has 0 radical (unpaired) electrons. The van der Waals surface area contributed by atoms with E-state index >= 15 is 0 Å². The van der Waals surface area contributed by atoms with E-state index in [9.17, 15) is 29.4 Å². The number of esters is 2. The molecule has 2 heterocycles. The quantitative estimate of drug-likeness (QED) is 0.219. The summed E-state index contributed by atoms with van der Waals surface area (Å²) in [6, 6.07) is 9.05. The van der Waals surface area contributed by atoms with Gasteiger partial charge in [0.1, 0.15) is 36.3 Å². The molecule has 15 heteroatoms. The molecular formula is C41H64N2O13. The van der Waals surface area contributed by atoms with Crippen LogP contribution in [0.1, 0.15) is 73.3 Å². The van der Waals surface area contributed by atoms with Crippen LogP contribution in [0.4, 0.5) is 4.79 Å². The van der Waals surface area contributed by atoms with E-state index in [0.29, 0.717) is 6.42 Å². The first-order valence-electron chi connectivity index (χ1n) is 19.6. The molecule has 2 aliphatic heterocycles. The maximum Gasteiger partial charge on any atom is 0.407 e. The second-order valence-electron chi connectivity index (χ2n) is 16.5. The Hall–Kier alpha value is -3.18. The van der Waals surface area contributed by atoms with Crippen LogP contribution in [0.3, 0.4) is 0 Å². The third-order valence-electron chi connectivity index (χ3n) is 12.2. The van der Waals surface area contributed by atoms with E-state index in [2.05, 4.69) is 5.32 Å². The Morgan fingerprint density at radius 2 is 1.66 bits per heavy atom. The van der Waals surface area contributed by atoms with Crippen molar-refractivity contribution in [1.82, 2.24) is 10.2 Å². The van der Waals surface area contributed by atoms with Crippen molar-refractivity contribution in [3.05, 3.63) is 35.9 Å². The zero-order chi connectivity index (χ0) is 41.7. The van der Waals surface area contributed by atoms with E-state index in [1.165, 1.54) is 7.11 Å². The molecule has 1 amide bonds. The fourth-order valence-corrected chi connectivity index (χ4v) is 8.52. The van der Waals surface area contributed by atoms with Crippen molar-refractivity contribution in [3.8, 4) is 0 Å². The molecule has 0 aromatic heterocycles. The number of aliphatic hydroxyl groups is 2. The van der Waals surface area contributed by atoms with Gasteiger partial charge in [-0.25, -0.2) is 4.79 Å². The topological polar surface area (TPSA) is 189 Å². The highest BCUT2D eigenvalue weighted by atomic mass is 16.7. The molecule has 3 aliphatic rings. The second-order valence-corrected chi connectivity index (χ2v) is 16.5. The van der Waals surface area contributed by atoms with Gasteiger partial charge < -0.3 is 53.6 Å². The minimum Gasteiger partial charge on any atom is -0.461 e. The summed E-state index contributed by atoms with van der Waals surface area (Å²) in [5.41, 5.74) is -2.32. The SMILES string of the molecule is CO[C@H]1[C@H](O[C@@H]2[C@@H](C)[C@H](OC(=O)CCNC(=O)OCc3ccccc3)[C@@H](C)C(=O)O[C@@H]3C(C)[C@]3(O)[C@H](O)[C@@H](C)C(=O)[C@H](C)C[C@]2(C)OC)O[C@H](C)C[C@@H]1N(C)C. The van der Waals surface area contributed by atoms with Gasteiger partial charge >= 0.3 is 18.0 Å². The van der Waals surface area contributed by atoms with Crippen LogP contribution in [-0.2, 0) is 54.1 Å². The van der Waals surface area contributed by atoms with Crippen LogP contribution < -0.4 is 5.32 Å². The summed E-state index contributed by atoms with van der Waals surface area (Å²) in [4.78, 5) is 55.9. The number of amides is 1. The van der Waals surface area contributed by atoms with Crippen LogP contribution in [-0.4, -0.2) is 134 Å². The number of methoxy groups -OCH3 is 2. The maximum absolute atomic E-state index is 14.0. The zero-order valence-electron chi connectivity index (χ0n) is 34.8. The van der Waals surface area contributed by atoms with E-state index in [-0.39, 0.29) is 43.9 Å². The number of fused-ring (bicyclic) bond motifs is 1. The standard InChI is InChI=1S/C41H64N2O13/c1-22-20-40(7,51-11)35(56-38-33(50-10)29(43(8)9)19-23(2)53-38)25(4)32(54-30(44)17-18-42-39(48)52-21-28-15-13-12-14-16-28)26(5)37(47)55-36-27(6)41(36,49)34(46)24(3)31(22)45/h12-16,22-27,29,32-36,38,46,49H,17-21H2,1-11H3,(H,42,48)/t22-,23-,24+,25+,26-,27?,29+,32+,33-,34-,35-,36-,38+,40+,41+/m1/s1. The molecule has 1 aromatic rings. The average Bonchev–Trinajstić information content (AvgIpc) is 3.70. The lowest BCUT2D eigenvalue weighted by molar-refractivity contribution is -0.305. The van der Waals surface area contributed by atoms with Gasteiger partial charge in [0.15, 0.2) is 6.29 Å². The Labute approximate surface area is 331 Å². The van der Waals surface area contributed by atoms with Gasteiger partial charge in [-0.05, 0) is 53.3 Å². The number of Topliss-reactive ketones (excluding diaryl/α,β-unsaturated/α-hetero) is 1. The third kappa shape index (κ3) is 10.1. The molecule has 56 heavy (non-hydrogen) atoms. The number of carbonyl (C=O) groups excluding carboxylic acids is 4.